The highest BCUT2D eigenvalue weighted by Gasteiger charge is 2.23. The predicted octanol–water partition coefficient (Wildman–Crippen LogP) is 2.14. The maximum absolute atomic E-state index is 13.6. The molecule has 2 rings (SSSR count). The highest BCUT2D eigenvalue weighted by molar-refractivity contribution is 5.79. The lowest BCUT2D eigenvalue weighted by Gasteiger charge is -2.24. The molecule has 1 amide bonds. The molecule has 2 N–H and O–H groups in total. The molecule has 1 heterocycles. The largest absolute Gasteiger partial charge is 0.349 e. The highest BCUT2D eigenvalue weighted by atomic mass is 19.2. The summed E-state index contributed by atoms with van der Waals surface area (Å²) in [4.78, 5) is 12.0. The average molecular weight is 268 g/mol. The lowest BCUT2D eigenvalue weighted by Crippen LogP contribution is -2.39. The molecule has 1 fully saturated rings. The van der Waals surface area contributed by atoms with Crippen molar-refractivity contribution in [2.75, 3.05) is 13.1 Å². The third-order valence-corrected chi connectivity index (χ3v) is 3.52. The molecule has 0 bridgehead atoms. The van der Waals surface area contributed by atoms with Gasteiger partial charge in [0.2, 0.25) is 5.91 Å². The second-order valence-corrected chi connectivity index (χ2v) is 4.90. The fourth-order valence-electron chi connectivity index (χ4n) is 2.35. The Morgan fingerprint density at radius 3 is 2.74 bits per heavy atom. The van der Waals surface area contributed by atoms with E-state index in [0.29, 0.717) is 0 Å². The molecule has 0 aliphatic carbocycles. The number of hydrogen-bond acceptors (Lipinski definition) is 2. The first-order chi connectivity index (χ1) is 9.09. The van der Waals surface area contributed by atoms with Crippen LogP contribution in [-0.4, -0.2) is 19.0 Å². The molecule has 5 heteroatoms. The predicted molar refractivity (Wildman–Crippen MR) is 68.5 cm³/mol. The monoisotopic (exact) mass is 268 g/mol. The van der Waals surface area contributed by atoms with Gasteiger partial charge in [0.1, 0.15) is 0 Å². The second-order valence-electron chi connectivity index (χ2n) is 4.90. The van der Waals surface area contributed by atoms with Gasteiger partial charge < -0.3 is 10.6 Å². The summed E-state index contributed by atoms with van der Waals surface area (Å²) < 4.78 is 26.7. The van der Waals surface area contributed by atoms with E-state index >= 15 is 0 Å². The van der Waals surface area contributed by atoms with Crippen LogP contribution in [0.25, 0.3) is 0 Å². The van der Waals surface area contributed by atoms with E-state index in [2.05, 4.69) is 10.6 Å². The molecule has 0 spiro atoms. The van der Waals surface area contributed by atoms with Crippen molar-refractivity contribution in [2.24, 2.45) is 5.92 Å². The lowest BCUT2D eigenvalue weighted by molar-refractivity contribution is -0.126. The van der Waals surface area contributed by atoms with Gasteiger partial charge in [-0.05, 0) is 38.9 Å². The summed E-state index contributed by atoms with van der Waals surface area (Å²) in [7, 11) is 0. The maximum Gasteiger partial charge on any atom is 0.223 e. The molecule has 104 valence electrons. The van der Waals surface area contributed by atoms with Crippen molar-refractivity contribution in [3.63, 3.8) is 0 Å². The van der Waals surface area contributed by atoms with Crippen molar-refractivity contribution in [1.29, 1.82) is 0 Å². The lowest BCUT2D eigenvalue weighted by atomic mass is 9.96. The summed E-state index contributed by atoms with van der Waals surface area (Å²) in [5, 5.41) is 5.94. The average Bonchev–Trinajstić information content (AvgIpc) is 2.42. The van der Waals surface area contributed by atoms with Crippen LogP contribution in [0.4, 0.5) is 8.78 Å². The zero-order valence-corrected chi connectivity index (χ0v) is 10.9. The molecule has 0 aromatic heterocycles. The van der Waals surface area contributed by atoms with Crippen molar-refractivity contribution in [1.82, 2.24) is 10.6 Å². The van der Waals surface area contributed by atoms with Gasteiger partial charge in [0, 0.05) is 11.5 Å². The van der Waals surface area contributed by atoms with E-state index < -0.39 is 17.7 Å². The Labute approximate surface area is 111 Å². The van der Waals surface area contributed by atoms with Crippen molar-refractivity contribution in [3.8, 4) is 0 Å². The Morgan fingerprint density at radius 2 is 2.05 bits per heavy atom. The van der Waals surface area contributed by atoms with E-state index in [-0.39, 0.29) is 17.4 Å². The number of carbonyl (C=O) groups is 1. The first-order valence-electron chi connectivity index (χ1n) is 6.54. The van der Waals surface area contributed by atoms with Crippen LogP contribution in [0, 0.1) is 17.6 Å². The number of benzene rings is 1. The summed E-state index contributed by atoms with van der Waals surface area (Å²) in [5.41, 5.74) is 0.183. The van der Waals surface area contributed by atoms with Gasteiger partial charge >= 0.3 is 0 Å². The van der Waals surface area contributed by atoms with Crippen LogP contribution >= 0.6 is 0 Å². The van der Waals surface area contributed by atoms with Gasteiger partial charge in [-0.1, -0.05) is 12.1 Å². The van der Waals surface area contributed by atoms with Crippen molar-refractivity contribution >= 4 is 5.91 Å². The van der Waals surface area contributed by atoms with Crippen LogP contribution in [0.1, 0.15) is 31.4 Å². The highest BCUT2D eigenvalue weighted by Crippen LogP contribution is 2.20. The standard InChI is InChI=1S/C14H18F2N2O/c1-9(11-3-2-4-12(15)13(11)16)18-14(19)10-5-7-17-8-6-10/h2-4,9-10,17H,5-8H2,1H3,(H,18,19). The Morgan fingerprint density at radius 1 is 1.37 bits per heavy atom. The minimum absolute atomic E-state index is 0.0414. The summed E-state index contributed by atoms with van der Waals surface area (Å²) in [5.74, 6) is -1.90. The Bertz CT molecular complexity index is 459. The van der Waals surface area contributed by atoms with Crippen molar-refractivity contribution < 1.29 is 13.6 Å². The molecule has 1 aliphatic heterocycles. The van der Waals surface area contributed by atoms with Gasteiger partial charge in [-0.2, -0.15) is 0 Å². The number of piperidine rings is 1. The Balaban J connectivity index is 2.02. The fraction of sp³-hybridized carbons (Fsp3) is 0.500. The number of amides is 1. The number of carbonyl (C=O) groups excluding carboxylic acids is 1. The van der Waals surface area contributed by atoms with Crippen LogP contribution in [0.2, 0.25) is 0 Å². The summed E-state index contributed by atoms with van der Waals surface area (Å²) >= 11 is 0. The minimum Gasteiger partial charge on any atom is -0.349 e. The minimum atomic E-state index is -0.888. The molecule has 1 atom stereocenters. The van der Waals surface area contributed by atoms with E-state index in [1.165, 1.54) is 12.1 Å². The van der Waals surface area contributed by atoms with Gasteiger partial charge in [-0.3, -0.25) is 4.79 Å². The molecule has 1 aromatic carbocycles. The van der Waals surface area contributed by atoms with Crippen LogP contribution in [-0.2, 0) is 4.79 Å². The quantitative estimate of drug-likeness (QED) is 0.882. The third kappa shape index (κ3) is 3.29. The molecule has 3 nitrogen and oxygen atoms in total. The van der Waals surface area contributed by atoms with E-state index in [9.17, 15) is 13.6 Å². The zero-order chi connectivity index (χ0) is 13.8. The van der Waals surface area contributed by atoms with Gasteiger partial charge in [0.15, 0.2) is 11.6 Å². The Hall–Kier alpha value is -1.49. The van der Waals surface area contributed by atoms with Crippen LogP contribution < -0.4 is 10.6 Å². The van der Waals surface area contributed by atoms with Gasteiger partial charge in [-0.15, -0.1) is 0 Å². The summed E-state index contributed by atoms with van der Waals surface area (Å²) in [6.07, 6.45) is 1.56. The third-order valence-electron chi connectivity index (χ3n) is 3.52. The smallest absolute Gasteiger partial charge is 0.223 e. The molecule has 0 radical (unpaired) electrons. The molecule has 1 aliphatic rings. The molecular weight excluding hydrogens is 250 g/mol. The van der Waals surface area contributed by atoms with Crippen LogP contribution in [0.3, 0.4) is 0 Å². The zero-order valence-electron chi connectivity index (χ0n) is 10.9. The molecule has 1 unspecified atom stereocenters. The number of hydrogen-bond donors (Lipinski definition) is 2. The first-order valence-corrected chi connectivity index (χ1v) is 6.54. The second kappa shape index (κ2) is 6.10. The first kappa shape index (κ1) is 13.9. The fourth-order valence-corrected chi connectivity index (χ4v) is 2.35. The van der Waals surface area contributed by atoms with Crippen molar-refractivity contribution in [2.45, 2.75) is 25.8 Å². The molecular formula is C14H18F2N2O. The molecule has 0 saturated carbocycles. The number of rotatable bonds is 3. The summed E-state index contributed by atoms with van der Waals surface area (Å²) in [6, 6.07) is 3.48. The topological polar surface area (TPSA) is 41.1 Å². The Kier molecular flexibility index (Phi) is 4.47. The maximum atomic E-state index is 13.6. The molecule has 1 aromatic rings. The van der Waals surface area contributed by atoms with Crippen LogP contribution in [0.15, 0.2) is 18.2 Å². The summed E-state index contributed by atoms with van der Waals surface area (Å²) in [6.45, 7) is 3.30. The van der Waals surface area contributed by atoms with E-state index in [1.54, 1.807) is 6.92 Å². The SMILES string of the molecule is CC(NC(=O)C1CCNCC1)c1cccc(F)c1F. The van der Waals surface area contributed by atoms with Gasteiger partial charge in [0.25, 0.3) is 0 Å². The number of nitrogens with one attached hydrogen (secondary N) is 2. The van der Waals surface area contributed by atoms with E-state index in [1.807, 2.05) is 0 Å². The van der Waals surface area contributed by atoms with E-state index in [4.69, 9.17) is 0 Å². The van der Waals surface area contributed by atoms with Gasteiger partial charge in [-0.25, -0.2) is 8.78 Å². The van der Waals surface area contributed by atoms with Gasteiger partial charge in [0.05, 0.1) is 6.04 Å². The normalized spacial score (nSPS) is 18.1. The van der Waals surface area contributed by atoms with Crippen molar-refractivity contribution in [3.05, 3.63) is 35.4 Å². The molecule has 19 heavy (non-hydrogen) atoms. The number of halogens is 2. The molecule has 1 saturated heterocycles. The van der Waals surface area contributed by atoms with E-state index in [0.717, 1.165) is 32.0 Å². The van der Waals surface area contributed by atoms with Crippen LogP contribution in [0.5, 0.6) is 0 Å².